The number of hydrogen-bond donors (Lipinski definition) is 2. The van der Waals surface area contributed by atoms with Crippen LogP contribution in [0, 0.1) is 0 Å². The van der Waals surface area contributed by atoms with Crippen LogP contribution in [0.4, 0.5) is 5.82 Å². The molecule has 5 nitrogen and oxygen atoms in total. The van der Waals surface area contributed by atoms with Gasteiger partial charge in [-0.3, -0.25) is 0 Å². The van der Waals surface area contributed by atoms with Gasteiger partial charge in [0.15, 0.2) is 5.82 Å². The first-order valence-electron chi connectivity index (χ1n) is 5.90. The number of nitrogen functional groups attached to an aromatic ring is 2. The Morgan fingerprint density at radius 3 is 2.78 bits per heavy atom. The summed E-state index contributed by atoms with van der Waals surface area (Å²) in [5.74, 6) is 6.76. The second-order valence-electron chi connectivity index (χ2n) is 4.74. The molecule has 0 spiro atoms. The smallest absolute Gasteiger partial charge is 0.152 e. The van der Waals surface area contributed by atoms with E-state index in [1.54, 1.807) is 6.33 Å². The molecule has 0 bridgehead atoms. The highest BCUT2D eigenvalue weighted by molar-refractivity contribution is 6.08. The molecule has 0 unspecified atom stereocenters. The molecule has 3 aromatic rings. The van der Waals surface area contributed by atoms with Gasteiger partial charge < -0.3 is 11.6 Å². The molecule has 0 aliphatic rings. The van der Waals surface area contributed by atoms with Crippen molar-refractivity contribution >= 4 is 27.8 Å². The van der Waals surface area contributed by atoms with Crippen molar-refractivity contribution in [1.29, 1.82) is 0 Å². The van der Waals surface area contributed by atoms with E-state index in [2.05, 4.69) is 29.9 Å². The lowest BCUT2D eigenvalue weighted by Crippen LogP contribution is -2.07. The number of imidazole rings is 1. The van der Waals surface area contributed by atoms with Crippen molar-refractivity contribution in [2.24, 2.45) is 0 Å². The Kier molecular flexibility index (Phi) is 2.16. The predicted octanol–water partition coefficient (Wildman–Crippen LogP) is 2.00. The number of fused-ring (bicyclic) bond motifs is 3. The Hall–Kier alpha value is -2.30. The van der Waals surface area contributed by atoms with Crippen molar-refractivity contribution in [3.63, 3.8) is 0 Å². The fraction of sp³-hybridized carbons (Fsp3) is 0.231. The number of hydrogen-bond acceptors (Lipinski definition) is 4. The van der Waals surface area contributed by atoms with E-state index in [0.29, 0.717) is 17.3 Å². The van der Waals surface area contributed by atoms with Crippen LogP contribution in [0.3, 0.4) is 0 Å². The summed E-state index contributed by atoms with van der Waals surface area (Å²) in [6.07, 6.45) is 1.57. The van der Waals surface area contributed by atoms with Gasteiger partial charge in [-0.25, -0.2) is 14.6 Å². The number of nitrogens with two attached hydrogens (primary N) is 2. The number of anilines is 1. The zero-order valence-electron chi connectivity index (χ0n) is 10.4. The van der Waals surface area contributed by atoms with Crippen molar-refractivity contribution in [1.82, 2.24) is 14.6 Å². The molecule has 0 radical (unpaired) electrons. The van der Waals surface area contributed by atoms with Gasteiger partial charge in [0.2, 0.25) is 0 Å². The highest BCUT2D eigenvalue weighted by Crippen LogP contribution is 2.32. The summed E-state index contributed by atoms with van der Waals surface area (Å²) in [7, 11) is 0. The summed E-state index contributed by atoms with van der Waals surface area (Å²) in [5.41, 5.74) is 9.50. The minimum absolute atomic E-state index is 0.386. The number of nitrogens with zero attached hydrogens (tertiary/aromatic N) is 3. The van der Waals surface area contributed by atoms with E-state index in [0.717, 1.165) is 16.4 Å². The molecule has 0 amide bonds. The van der Waals surface area contributed by atoms with Gasteiger partial charge in [0.1, 0.15) is 17.4 Å². The summed E-state index contributed by atoms with van der Waals surface area (Å²) in [4.78, 5) is 8.63. The molecular weight excluding hydrogens is 226 g/mol. The maximum atomic E-state index is 5.95. The maximum Gasteiger partial charge on any atom is 0.152 e. The van der Waals surface area contributed by atoms with Crippen molar-refractivity contribution in [3.8, 4) is 0 Å². The van der Waals surface area contributed by atoms with Crippen LogP contribution in [0.25, 0.3) is 21.9 Å². The molecule has 0 atom stereocenters. The quantitative estimate of drug-likeness (QED) is 0.638. The van der Waals surface area contributed by atoms with Gasteiger partial charge in [-0.2, -0.15) is 0 Å². The second-order valence-corrected chi connectivity index (χ2v) is 4.74. The van der Waals surface area contributed by atoms with Crippen LogP contribution in [-0.4, -0.2) is 14.6 Å². The van der Waals surface area contributed by atoms with E-state index in [1.165, 1.54) is 10.2 Å². The summed E-state index contributed by atoms with van der Waals surface area (Å²) < 4.78 is 1.52. The molecule has 18 heavy (non-hydrogen) atoms. The molecule has 0 fully saturated rings. The number of rotatable bonds is 1. The zero-order valence-corrected chi connectivity index (χ0v) is 10.4. The van der Waals surface area contributed by atoms with Gasteiger partial charge in [-0.1, -0.05) is 26.0 Å². The SMILES string of the molecule is CC(C)c1cccc2nc(N)c3ncn(N)c3c12. The van der Waals surface area contributed by atoms with Gasteiger partial charge in [-0.05, 0) is 17.5 Å². The van der Waals surface area contributed by atoms with Gasteiger partial charge in [0, 0.05) is 5.39 Å². The Balaban J connectivity index is 2.61. The zero-order chi connectivity index (χ0) is 12.9. The highest BCUT2D eigenvalue weighted by atomic mass is 15.3. The summed E-state index contributed by atoms with van der Waals surface area (Å²) in [6.45, 7) is 4.29. The van der Waals surface area contributed by atoms with Gasteiger partial charge in [0.25, 0.3) is 0 Å². The number of benzene rings is 1. The van der Waals surface area contributed by atoms with Crippen molar-refractivity contribution in [3.05, 3.63) is 30.1 Å². The van der Waals surface area contributed by atoms with Crippen LogP contribution in [0.2, 0.25) is 0 Å². The molecule has 0 saturated heterocycles. The van der Waals surface area contributed by atoms with E-state index >= 15 is 0 Å². The average Bonchev–Trinajstić information content (AvgIpc) is 2.71. The molecule has 0 aliphatic carbocycles. The fourth-order valence-corrected chi connectivity index (χ4v) is 2.37. The topological polar surface area (TPSA) is 82.8 Å². The normalized spacial score (nSPS) is 11.7. The third-order valence-corrected chi connectivity index (χ3v) is 3.21. The molecule has 0 aliphatic heterocycles. The van der Waals surface area contributed by atoms with Crippen LogP contribution < -0.4 is 11.6 Å². The first-order chi connectivity index (χ1) is 8.59. The van der Waals surface area contributed by atoms with Crippen molar-refractivity contribution in [2.75, 3.05) is 11.6 Å². The fourth-order valence-electron chi connectivity index (χ4n) is 2.37. The molecule has 92 valence electrons. The van der Waals surface area contributed by atoms with Crippen LogP contribution in [-0.2, 0) is 0 Å². The lowest BCUT2D eigenvalue weighted by molar-refractivity contribution is 0.876. The highest BCUT2D eigenvalue weighted by Gasteiger charge is 2.15. The van der Waals surface area contributed by atoms with E-state index in [4.69, 9.17) is 11.6 Å². The molecule has 5 heteroatoms. The molecule has 3 rings (SSSR count). The lowest BCUT2D eigenvalue weighted by atomic mass is 9.97. The van der Waals surface area contributed by atoms with E-state index in [1.807, 2.05) is 12.1 Å². The standard InChI is InChI=1S/C13H15N5/c1-7(2)8-4-3-5-9-10(8)12-11(13(14)17-9)16-6-18(12)15/h3-7H,15H2,1-2H3,(H2,14,17). The van der Waals surface area contributed by atoms with Crippen LogP contribution >= 0.6 is 0 Å². The molecule has 0 saturated carbocycles. The molecule has 1 aromatic carbocycles. The average molecular weight is 241 g/mol. The van der Waals surface area contributed by atoms with Crippen molar-refractivity contribution < 1.29 is 0 Å². The van der Waals surface area contributed by atoms with Gasteiger partial charge >= 0.3 is 0 Å². The summed E-state index contributed by atoms with van der Waals surface area (Å²) in [6, 6.07) is 6.04. The van der Waals surface area contributed by atoms with Crippen LogP contribution in [0.15, 0.2) is 24.5 Å². The third kappa shape index (κ3) is 1.33. The van der Waals surface area contributed by atoms with E-state index in [9.17, 15) is 0 Å². The first-order valence-corrected chi connectivity index (χ1v) is 5.90. The van der Waals surface area contributed by atoms with Gasteiger partial charge in [-0.15, -0.1) is 0 Å². The molecule has 2 aromatic heterocycles. The Bertz CT molecular complexity index is 742. The molecule has 4 N–H and O–H groups in total. The lowest BCUT2D eigenvalue weighted by Gasteiger charge is -2.11. The number of aromatic nitrogens is 3. The van der Waals surface area contributed by atoms with E-state index < -0.39 is 0 Å². The molecular formula is C13H15N5. The minimum atomic E-state index is 0.386. The summed E-state index contributed by atoms with van der Waals surface area (Å²) >= 11 is 0. The van der Waals surface area contributed by atoms with E-state index in [-0.39, 0.29) is 0 Å². The Morgan fingerprint density at radius 2 is 2.06 bits per heavy atom. The first kappa shape index (κ1) is 10.8. The van der Waals surface area contributed by atoms with Crippen LogP contribution in [0.1, 0.15) is 25.3 Å². The maximum absolute atomic E-state index is 5.95. The Morgan fingerprint density at radius 1 is 1.28 bits per heavy atom. The number of pyridine rings is 1. The predicted molar refractivity (Wildman–Crippen MR) is 73.7 cm³/mol. The molecule has 2 heterocycles. The minimum Gasteiger partial charge on any atom is -0.382 e. The Labute approximate surface area is 104 Å². The van der Waals surface area contributed by atoms with Crippen molar-refractivity contribution in [2.45, 2.75) is 19.8 Å². The van der Waals surface area contributed by atoms with Gasteiger partial charge in [0.05, 0.1) is 5.52 Å². The monoisotopic (exact) mass is 241 g/mol. The summed E-state index contributed by atoms with van der Waals surface area (Å²) in [5, 5.41) is 1.04. The largest absolute Gasteiger partial charge is 0.382 e. The second kappa shape index (κ2) is 3.60. The third-order valence-electron chi connectivity index (χ3n) is 3.21. The van der Waals surface area contributed by atoms with Crippen LogP contribution in [0.5, 0.6) is 0 Å².